The summed E-state index contributed by atoms with van der Waals surface area (Å²) in [6.07, 6.45) is 4.60. The molecular formula is C21H26N4O4. The molecular weight excluding hydrogens is 372 g/mol. The van der Waals surface area contributed by atoms with Crippen molar-refractivity contribution in [3.05, 3.63) is 47.3 Å². The van der Waals surface area contributed by atoms with Crippen LogP contribution in [0.1, 0.15) is 77.9 Å². The average Bonchev–Trinajstić information content (AvgIpc) is 3.45. The van der Waals surface area contributed by atoms with Gasteiger partial charge in [0.05, 0.1) is 23.9 Å². The number of nitrogens with zero attached hydrogens (tertiary/aromatic N) is 2. The minimum Gasteiger partial charge on any atom is -0.481 e. The van der Waals surface area contributed by atoms with E-state index in [-0.39, 0.29) is 30.8 Å². The molecule has 1 aromatic carbocycles. The van der Waals surface area contributed by atoms with E-state index < -0.39 is 5.97 Å². The third-order valence-corrected chi connectivity index (χ3v) is 5.08. The van der Waals surface area contributed by atoms with Crippen LogP contribution in [-0.2, 0) is 4.79 Å². The molecule has 1 unspecified atom stereocenters. The van der Waals surface area contributed by atoms with Gasteiger partial charge in [0.1, 0.15) is 0 Å². The number of aromatic nitrogens is 2. The number of carboxylic acid groups (broad SMARTS) is 1. The molecule has 8 nitrogen and oxygen atoms in total. The van der Waals surface area contributed by atoms with E-state index in [1.54, 1.807) is 30.5 Å². The molecule has 3 rings (SSSR count). The van der Waals surface area contributed by atoms with Crippen LogP contribution in [0.2, 0.25) is 0 Å². The van der Waals surface area contributed by atoms with Gasteiger partial charge in [0.25, 0.3) is 11.8 Å². The molecule has 0 spiro atoms. The van der Waals surface area contributed by atoms with Gasteiger partial charge in [0.15, 0.2) is 0 Å². The van der Waals surface area contributed by atoms with E-state index in [1.165, 1.54) is 0 Å². The molecule has 2 aromatic rings. The van der Waals surface area contributed by atoms with Crippen molar-refractivity contribution in [1.82, 2.24) is 15.1 Å². The number of carbonyl (C=O) groups is 3. The first-order valence-corrected chi connectivity index (χ1v) is 9.89. The Morgan fingerprint density at radius 3 is 2.48 bits per heavy atom. The molecule has 1 fully saturated rings. The Labute approximate surface area is 169 Å². The van der Waals surface area contributed by atoms with Crippen molar-refractivity contribution in [3.8, 4) is 0 Å². The molecule has 2 amide bonds. The molecule has 1 heterocycles. The molecule has 0 radical (unpaired) electrons. The van der Waals surface area contributed by atoms with Crippen LogP contribution < -0.4 is 10.6 Å². The van der Waals surface area contributed by atoms with E-state index in [0.29, 0.717) is 22.7 Å². The maximum atomic E-state index is 12.8. The summed E-state index contributed by atoms with van der Waals surface area (Å²) >= 11 is 0. The second-order valence-electron chi connectivity index (χ2n) is 7.35. The predicted octanol–water partition coefficient (Wildman–Crippen LogP) is 3.19. The smallest absolute Gasteiger partial charge is 0.305 e. The summed E-state index contributed by atoms with van der Waals surface area (Å²) in [4.78, 5) is 35.3. The topological polar surface area (TPSA) is 113 Å². The Hall–Kier alpha value is -3.16. The Morgan fingerprint density at radius 2 is 1.90 bits per heavy atom. The highest BCUT2D eigenvalue weighted by atomic mass is 16.4. The number of carbonyl (C=O) groups excluding carboxylic acids is 2. The van der Waals surface area contributed by atoms with Gasteiger partial charge in [-0.1, -0.05) is 6.92 Å². The minimum atomic E-state index is -0.967. The fourth-order valence-electron chi connectivity index (χ4n) is 3.12. The molecule has 8 heteroatoms. The molecule has 0 bridgehead atoms. The van der Waals surface area contributed by atoms with E-state index in [9.17, 15) is 14.4 Å². The quantitative estimate of drug-likeness (QED) is 0.600. The highest BCUT2D eigenvalue weighted by Gasteiger charge is 2.33. The molecule has 1 aliphatic rings. The third kappa shape index (κ3) is 5.01. The second kappa shape index (κ2) is 8.89. The van der Waals surface area contributed by atoms with E-state index in [4.69, 9.17) is 5.11 Å². The number of benzene rings is 1. The summed E-state index contributed by atoms with van der Waals surface area (Å²) < 4.78 is 1.97. The van der Waals surface area contributed by atoms with Crippen molar-refractivity contribution >= 4 is 23.5 Å². The number of anilines is 1. The number of rotatable bonds is 9. The first kappa shape index (κ1) is 20.6. The highest BCUT2D eigenvalue weighted by molar-refractivity contribution is 6.05. The Balaban J connectivity index is 1.66. The third-order valence-electron chi connectivity index (χ3n) is 5.08. The van der Waals surface area contributed by atoms with Gasteiger partial charge in [0, 0.05) is 29.8 Å². The monoisotopic (exact) mass is 398 g/mol. The number of amides is 2. The Bertz CT molecular complexity index is 900. The molecule has 0 saturated heterocycles. The SMILES string of the molecule is CCC(C)n1ncc(C(=O)Nc2ccc(C(=O)NCCC(=O)O)cc2)c1C1CC1. The lowest BCUT2D eigenvalue weighted by Gasteiger charge is -2.14. The normalized spacial score (nSPS) is 14.3. The molecule has 1 aliphatic carbocycles. The van der Waals surface area contributed by atoms with Gasteiger partial charge in [-0.2, -0.15) is 5.10 Å². The summed E-state index contributed by atoms with van der Waals surface area (Å²) in [5, 5.41) is 18.5. The highest BCUT2D eigenvalue weighted by Crippen LogP contribution is 2.42. The molecule has 3 N–H and O–H groups in total. The van der Waals surface area contributed by atoms with Gasteiger partial charge in [-0.3, -0.25) is 19.1 Å². The van der Waals surface area contributed by atoms with Crippen molar-refractivity contribution in [2.45, 2.75) is 51.5 Å². The van der Waals surface area contributed by atoms with Crippen molar-refractivity contribution in [2.24, 2.45) is 0 Å². The zero-order valence-electron chi connectivity index (χ0n) is 16.6. The Morgan fingerprint density at radius 1 is 1.21 bits per heavy atom. The molecule has 0 aliphatic heterocycles. The summed E-state index contributed by atoms with van der Waals surface area (Å²) in [6, 6.07) is 6.73. The second-order valence-corrected chi connectivity index (χ2v) is 7.35. The van der Waals surface area contributed by atoms with Crippen LogP contribution in [0, 0.1) is 0 Å². The van der Waals surface area contributed by atoms with Crippen LogP contribution >= 0.6 is 0 Å². The lowest BCUT2D eigenvalue weighted by atomic mass is 10.1. The van der Waals surface area contributed by atoms with Crippen LogP contribution in [-0.4, -0.2) is 39.2 Å². The van der Waals surface area contributed by atoms with Crippen LogP contribution in [0.5, 0.6) is 0 Å². The fraction of sp³-hybridized carbons (Fsp3) is 0.429. The lowest BCUT2D eigenvalue weighted by molar-refractivity contribution is -0.136. The molecule has 29 heavy (non-hydrogen) atoms. The van der Waals surface area contributed by atoms with Crippen LogP contribution in [0.3, 0.4) is 0 Å². The van der Waals surface area contributed by atoms with E-state index in [2.05, 4.69) is 29.6 Å². The van der Waals surface area contributed by atoms with Gasteiger partial charge in [0.2, 0.25) is 0 Å². The average molecular weight is 398 g/mol. The van der Waals surface area contributed by atoms with Crippen molar-refractivity contribution in [1.29, 1.82) is 0 Å². The van der Waals surface area contributed by atoms with Crippen molar-refractivity contribution < 1.29 is 19.5 Å². The molecule has 154 valence electrons. The van der Waals surface area contributed by atoms with Crippen LogP contribution in [0.15, 0.2) is 30.5 Å². The first-order valence-electron chi connectivity index (χ1n) is 9.89. The van der Waals surface area contributed by atoms with E-state index in [0.717, 1.165) is 25.0 Å². The van der Waals surface area contributed by atoms with Crippen molar-refractivity contribution in [3.63, 3.8) is 0 Å². The van der Waals surface area contributed by atoms with Gasteiger partial charge in [-0.15, -0.1) is 0 Å². The van der Waals surface area contributed by atoms with E-state index >= 15 is 0 Å². The zero-order valence-corrected chi connectivity index (χ0v) is 16.6. The maximum Gasteiger partial charge on any atom is 0.305 e. The first-order chi connectivity index (χ1) is 13.9. The van der Waals surface area contributed by atoms with Crippen LogP contribution in [0.4, 0.5) is 5.69 Å². The number of nitrogens with one attached hydrogen (secondary N) is 2. The summed E-state index contributed by atoms with van der Waals surface area (Å²) in [5.41, 5.74) is 2.58. The summed E-state index contributed by atoms with van der Waals surface area (Å²) in [5.74, 6) is -1.13. The maximum absolute atomic E-state index is 12.8. The number of hydrogen-bond acceptors (Lipinski definition) is 4. The molecule has 1 aromatic heterocycles. The van der Waals surface area contributed by atoms with Gasteiger partial charge < -0.3 is 15.7 Å². The largest absolute Gasteiger partial charge is 0.481 e. The minimum absolute atomic E-state index is 0.0662. The molecule has 1 saturated carbocycles. The van der Waals surface area contributed by atoms with Gasteiger partial charge >= 0.3 is 5.97 Å². The molecule has 1 atom stereocenters. The number of aliphatic carboxylic acids is 1. The van der Waals surface area contributed by atoms with E-state index in [1.807, 2.05) is 4.68 Å². The summed E-state index contributed by atoms with van der Waals surface area (Å²) in [6.45, 7) is 4.26. The zero-order chi connectivity index (χ0) is 21.0. The number of hydrogen-bond donors (Lipinski definition) is 3. The summed E-state index contributed by atoms with van der Waals surface area (Å²) in [7, 11) is 0. The Kier molecular flexibility index (Phi) is 6.31. The fourth-order valence-corrected chi connectivity index (χ4v) is 3.12. The van der Waals surface area contributed by atoms with Gasteiger partial charge in [-0.25, -0.2) is 0 Å². The van der Waals surface area contributed by atoms with Gasteiger partial charge in [-0.05, 0) is 50.5 Å². The van der Waals surface area contributed by atoms with Crippen molar-refractivity contribution in [2.75, 3.05) is 11.9 Å². The standard InChI is InChI=1S/C21H26N4O4/c1-3-13(2)25-19(14-4-5-14)17(12-23-25)21(29)24-16-8-6-15(7-9-16)20(28)22-11-10-18(26)27/h6-9,12-14H,3-5,10-11H2,1-2H3,(H,22,28)(H,24,29)(H,26,27). The van der Waals surface area contributed by atoms with Crippen LogP contribution in [0.25, 0.3) is 0 Å². The lowest BCUT2D eigenvalue weighted by Crippen LogP contribution is -2.25. The predicted molar refractivity (Wildman–Crippen MR) is 108 cm³/mol. The number of carboxylic acids is 1.